The molecule has 0 bridgehead atoms. The minimum atomic E-state index is -0.551. The maximum absolute atomic E-state index is 11.5. The highest BCUT2D eigenvalue weighted by Gasteiger charge is 2.06. The summed E-state index contributed by atoms with van der Waals surface area (Å²) in [4.78, 5) is 22.3. The molecular formula is C11H8BrNO3. The lowest BCUT2D eigenvalue weighted by atomic mass is 10.2. The summed E-state index contributed by atoms with van der Waals surface area (Å²) in [6.45, 7) is 1.34. The fourth-order valence-corrected chi connectivity index (χ4v) is 1.75. The minimum Gasteiger partial charge on any atom is -0.421 e. The van der Waals surface area contributed by atoms with E-state index in [9.17, 15) is 9.59 Å². The SMILES string of the molecule is CC(=O)Nc1cc2cc(Br)ccc2oc1=O. The molecule has 0 saturated heterocycles. The van der Waals surface area contributed by atoms with Gasteiger partial charge in [0.25, 0.3) is 0 Å². The molecule has 0 unspecified atom stereocenters. The fraction of sp³-hybridized carbons (Fsp3) is 0.0909. The zero-order valence-electron chi connectivity index (χ0n) is 8.41. The number of fused-ring (bicyclic) bond motifs is 1. The van der Waals surface area contributed by atoms with Gasteiger partial charge in [0, 0.05) is 16.8 Å². The zero-order valence-corrected chi connectivity index (χ0v) is 10.00. The van der Waals surface area contributed by atoms with Crippen LogP contribution in [0.3, 0.4) is 0 Å². The second-order valence-corrected chi connectivity index (χ2v) is 4.23. The Morgan fingerprint density at radius 3 is 2.81 bits per heavy atom. The fourth-order valence-electron chi connectivity index (χ4n) is 1.37. The molecule has 1 aromatic heterocycles. The van der Waals surface area contributed by atoms with Crippen molar-refractivity contribution in [3.8, 4) is 0 Å². The molecule has 0 atom stereocenters. The maximum atomic E-state index is 11.5. The van der Waals surface area contributed by atoms with E-state index in [1.807, 2.05) is 6.07 Å². The Hall–Kier alpha value is -1.62. The molecule has 16 heavy (non-hydrogen) atoms. The number of hydrogen-bond donors (Lipinski definition) is 1. The third kappa shape index (κ3) is 2.14. The van der Waals surface area contributed by atoms with E-state index >= 15 is 0 Å². The Kier molecular flexibility index (Phi) is 2.78. The number of hydrogen-bond acceptors (Lipinski definition) is 3. The standard InChI is InChI=1S/C11H8BrNO3/c1-6(14)13-9-5-7-4-8(12)2-3-10(7)16-11(9)15/h2-5H,1H3,(H,13,14). The van der Waals surface area contributed by atoms with Gasteiger partial charge in [-0.2, -0.15) is 0 Å². The quantitative estimate of drug-likeness (QED) is 0.817. The third-order valence-electron chi connectivity index (χ3n) is 2.00. The van der Waals surface area contributed by atoms with E-state index < -0.39 is 5.63 Å². The summed E-state index contributed by atoms with van der Waals surface area (Å²) in [7, 11) is 0. The van der Waals surface area contributed by atoms with E-state index in [1.165, 1.54) is 6.92 Å². The Bertz CT molecular complexity index is 618. The molecule has 0 radical (unpaired) electrons. The van der Waals surface area contributed by atoms with Crippen molar-refractivity contribution in [3.05, 3.63) is 39.2 Å². The van der Waals surface area contributed by atoms with Crippen molar-refractivity contribution in [2.75, 3.05) is 5.32 Å². The Morgan fingerprint density at radius 2 is 2.12 bits per heavy atom. The number of anilines is 1. The highest BCUT2D eigenvalue weighted by atomic mass is 79.9. The first-order valence-corrected chi connectivity index (χ1v) is 5.36. The van der Waals surface area contributed by atoms with E-state index in [0.29, 0.717) is 5.58 Å². The summed E-state index contributed by atoms with van der Waals surface area (Å²) in [5, 5.41) is 3.17. The molecule has 1 N–H and O–H groups in total. The van der Waals surface area contributed by atoms with Gasteiger partial charge in [-0.1, -0.05) is 15.9 Å². The van der Waals surface area contributed by atoms with Crippen molar-refractivity contribution >= 4 is 38.5 Å². The second-order valence-electron chi connectivity index (χ2n) is 3.31. The minimum absolute atomic E-state index is 0.151. The van der Waals surface area contributed by atoms with Gasteiger partial charge in [-0.05, 0) is 24.3 Å². The second kappa shape index (κ2) is 4.09. The first-order chi connectivity index (χ1) is 7.56. The Labute approximate surface area is 99.4 Å². The first-order valence-electron chi connectivity index (χ1n) is 4.57. The molecule has 1 heterocycles. The van der Waals surface area contributed by atoms with Crippen molar-refractivity contribution < 1.29 is 9.21 Å². The van der Waals surface area contributed by atoms with Gasteiger partial charge in [0.05, 0.1) is 0 Å². The molecule has 0 fully saturated rings. The van der Waals surface area contributed by atoms with Crippen LogP contribution in [0.15, 0.2) is 37.9 Å². The molecule has 1 aromatic carbocycles. The molecule has 4 nitrogen and oxygen atoms in total. The lowest BCUT2D eigenvalue weighted by Crippen LogP contribution is -2.14. The van der Waals surface area contributed by atoms with Crippen molar-refractivity contribution in [2.45, 2.75) is 6.92 Å². The van der Waals surface area contributed by atoms with E-state index in [2.05, 4.69) is 21.2 Å². The molecule has 5 heteroatoms. The number of rotatable bonds is 1. The Morgan fingerprint density at radius 1 is 1.38 bits per heavy atom. The van der Waals surface area contributed by atoms with Crippen LogP contribution >= 0.6 is 15.9 Å². The van der Waals surface area contributed by atoms with Gasteiger partial charge in [0.1, 0.15) is 11.3 Å². The maximum Gasteiger partial charge on any atom is 0.360 e. The Balaban J connectivity index is 2.64. The van der Waals surface area contributed by atoms with Crippen molar-refractivity contribution in [2.24, 2.45) is 0 Å². The van der Waals surface area contributed by atoms with E-state index in [-0.39, 0.29) is 11.6 Å². The number of halogens is 1. The molecule has 0 aliphatic rings. The van der Waals surface area contributed by atoms with Gasteiger partial charge in [0.2, 0.25) is 5.91 Å². The van der Waals surface area contributed by atoms with Crippen LogP contribution in [-0.2, 0) is 4.79 Å². The van der Waals surface area contributed by atoms with Gasteiger partial charge in [0.15, 0.2) is 0 Å². The molecular weight excluding hydrogens is 274 g/mol. The molecule has 1 amide bonds. The van der Waals surface area contributed by atoms with E-state index in [1.54, 1.807) is 18.2 Å². The van der Waals surface area contributed by atoms with Crippen LogP contribution in [0.4, 0.5) is 5.69 Å². The normalized spacial score (nSPS) is 10.4. The van der Waals surface area contributed by atoms with Gasteiger partial charge in [-0.3, -0.25) is 4.79 Å². The van der Waals surface area contributed by atoms with Crippen molar-refractivity contribution in [1.29, 1.82) is 0 Å². The summed E-state index contributed by atoms with van der Waals surface area (Å²) in [5.74, 6) is -0.304. The summed E-state index contributed by atoms with van der Waals surface area (Å²) in [6.07, 6.45) is 0. The van der Waals surface area contributed by atoms with Gasteiger partial charge >= 0.3 is 5.63 Å². The van der Waals surface area contributed by atoms with Crippen LogP contribution < -0.4 is 10.9 Å². The number of amides is 1. The summed E-state index contributed by atoms with van der Waals surface area (Å²) in [6, 6.07) is 6.87. The smallest absolute Gasteiger partial charge is 0.360 e. The molecule has 0 aliphatic heterocycles. The number of carbonyl (C=O) groups is 1. The van der Waals surface area contributed by atoms with Crippen LogP contribution in [0.1, 0.15) is 6.92 Å². The average Bonchev–Trinajstić information content (AvgIpc) is 2.19. The first kappa shape index (κ1) is 10.9. The largest absolute Gasteiger partial charge is 0.421 e. The number of benzene rings is 1. The van der Waals surface area contributed by atoms with Gasteiger partial charge in [-0.15, -0.1) is 0 Å². The van der Waals surface area contributed by atoms with Crippen LogP contribution in [-0.4, -0.2) is 5.91 Å². The number of carbonyl (C=O) groups excluding carboxylic acids is 1. The third-order valence-corrected chi connectivity index (χ3v) is 2.50. The molecule has 82 valence electrons. The number of nitrogens with one attached hydrogen (secondary N) is 1. The lowest BCUT2D eigenvalue weighted by Gasteiger charge is -2.02. The predicted octanol–water partition coefficient (Wildman–Crippen LogP) is 2.51. The summed E-state index contributed by atoms with van der Waals surface area (Å²) < 4.78 is 5.93. The van der Waals surface area contributed by atoms with Gasteiger partial charge < -0.3 is 9.73 Å². The molecule has 2 aromatic rings. The molecule has 0 aliphatic carbocycles. The average molecular weight is 282 g/mol. The molecule has 0 saturated carbocycles. The van der Waals surface area contributed by atoms with E-state index in [0.717, 1.165) is 9.86 Å². The molecule has 0 spiro atoms. The topological polar surface area (TPSA) is 59.3 Å². The van der Waals surface area contributed by atoms with Crippen LogP contribution in [0.5, 0.6) is 0 Å². The van der Waals surface area contributed by atoms with Crippen molar-refractivity contribution in [1.82, 2.24) is 0 Å². The zero-order chi connectivity index (χ0) is 11.7. The van der Waals surface area contributed by atoms with Crippen LogP contribution in [0.25, 0.3) is 11.0 Å². The summed E-state index contributed by atoms with van der Waals surface area (Å²) >= 11 is 3.32. The highest BCUT2D eigenvalue weighted by molar-refractivity contribution is 9.10. The van der Waals surface area contributed by atoms with Gasteiger partial charge in [-0.25, -0.2) is 4.79 Å². The summed E-state index contributed by atoms with van der Waals surface area (Å²) in [5.41, 5.74) is 0.0884. The lowest BCUT2D eigenvalue weighted by molar-refractivity contribution is -0.114. The predicted molar refractivity (Wildman–Crippen MR) is 64.5 cm³/mol. The molecule has 2 rings (SSSR count). The van der Waals surface area contributed by atoms with Crippen LogP contribution in [0.2, 0.25) is 0 Å². The van der Waals surface area contributed by atoms with Crippen LogP contribution in [0, 0.1) is 0 Å². The van der Waals surface area contributed by atoms with E-state index in [4.69, 9.17) is 4.42 Å². The highest BCUT2D eigenvalue weighted by Crippen LogP contribution is 2.20. The monoisotopic (exact) mass is 281 g/mol. The van der Waals surface area contributed by atoms with Crippen molar-refractivity contribution in [3.63, 3.8) is 0 Å².